The molecule has 0 spiro atoms. The molecule has 1 aromatic heterocycles. The maximum absolute atomic E-state index is 11.9. The Morgan fingerprint density at radius 2 is 2.10 bits per heavy atom. The minimum atomic E-state index is -0.477. The summed E-state index contributed by atoms with van der Waals surface area (Å²) in [4.78, 5) is 23.1. The highest BCUT2D eigenvalue weighted by Crippen LogP contribution is 2.18. The van der Waals surface area contributed by atoms with Crippen LogP contribution in [-0.4, -0.2) is 17.0 Å². The molecule has 0 aliphatic heterocycles. The minimum Gasteiger partial charge on any atom is -0.267 e. The molecule has 0 atom stereocenters. The van der Waals surface area contributed by atoms with Gasteiger partial charge in [0.15, 0.2) is 0 Å². The maximum Gasteiger partial charge on any atom is 0.272 e. The van der Waals surface area contributed by atoms with E-state index in [4.69, 9.17) is 0 Å². The molecule has 1 aromatic carbocycles. The number of aryl methyl sites for hydroxylation is 2. The number of hydrogen-bond donors (Lipinski definition) is 1. The van der Waals surface area contributed by atoms with E-state index in [-0.39, 0.29) is 5.69 Å². The minimum absolute atomic E-state index is 0.00994. The number of benzene rings is 1. The van der Waals surface area contributed by atoms with Crippen LogP contribution in [0.3, 0.4) is 0 Å². The third kappa shape index (κ3) is 3.51. The van der Waals surface area contributed by atoms with Crippen LogP contribution < -0.4 is 5.43 Å². The largest absolute Gasteiger partial charge is 0.272 e. The third-order valence-corrected chi connectivity index (χ3v) is 3.86. The molecule has 6 nitrogen and oxygen atoms in total. The second kappa shape index (κ2) is 6.27. The quantitative estimate of drug-likeness (QED) is 0.535. The van der Waals surface area contributed by atoms with Gasteiger partial charge in [0.05, 0.1) is 11.1 Å². The Balaban J connectivity index is 2.07. The molecular formula is C14H13N3O3S. The Morgan fingerprint density at radius 3 is 2.67 bits per heavy atom. The zero-order valence-corrected chi connectivity index (χ0v) is 12.3. The van der Waals surface area contributed by atoms with Crippen molar-refractivity contribution in [2.24, 2.45) is 5.10 Å². The van der Waals surface area contributed by atoms with Crippen molar-refractivity contribution in [1.29, 1.82) is 0 Å². The molecule has 0 radical (unpaired) electrons. The van der Waals surface area contributed by atoms with Gasteiger partial charge in [-0.25, -0.2) is 5.43 Å². The lowest BCUT2D eigenvalue weighted by Crippen LogP contribution is -2.17. The topological polar surface area (TPSA) is 84.6 Å². The molecule has 0 aliphatic carbocycles. The Kier molecular flexibility index (Phi) is 4.44. The summed E-state index contributed by atoms with van der Waals surface area (Å²) in [6, 6.07) is 6.16. The molecule has 0 aliphatic rings. The Hall–Kier alpha value is -2.54. The summed E-state index contributed by atoms with van der Waals surface area (Å²) in [6.07, 6.45) is 1.58. The average Bonchev–Trinajstić information content (AvgIpc) is 2.83. The predicted molar refractivity (Wildman–Crippen MR) is 81.9 cm³/mol. The number of nitrogens with one attached hydrogen (secondary N) is 1. The first-order valence-corrected chi connectivity index (χ1v) is 6.99. The highest BCUT2D eigenvalue weighted by atomic mass is 32.1. The van der Waals surface area contributed by atoms with Crippen LogP contribution in [0.15, 0.2) is 34.7 Å². The number of hydrogen-bond acceptors (Lipinski definition) is 5. The van der Waals surface area contributed by atoms with Crippen molar-refractivity contribution in [2.45, 2.75) is 13.8 Å². The molecule has 108 valence electrons. The van der Waals surface area contributed by atoms with Gasteiger partial charge in [-0.3, -0.25) is 14.9 Å². The Bertz CT molecular complexity index is 722. The fourth-order valence-electron chi connectivity index (χ4n) is 1.73. The fourth-order valence-corrected chi connectivity index (χ4v) is 2.52. The van der Waals surface area contributed by atoms with Crippen LogP contribution in [0.1, 0.15) is 26.4 Å². The number of rotatable bonds is 4. The molecule has 0 bridgehead atoms. The molecule has 0 saturated heterocycles. The van der Waals surface area contributed by atoms with Gasteiger partial charge in [-0.05, 0) is 43.0 Å². The number of thiophene rings is 1. The predicted octanol–water partition coefficient (Wildman–Crippen LogP) is 3.04. The first-order valence-electron chi connectivity index (χ1n) is 6.11. The van der Waals surface area contributed by atoms with Crippen molar-refractivity contribution >= 4 is 29.1 Å². The molecule has 7 heteroatoms. The van der Waals surface area contributed by atoms with E-state index in [1.807, 2.05) is 18.4 Å². The van der Waals surface area contributed by atoms with E-state index >= 15 is 0 Å². The molecule has 1 N–H and O–H groups in total. The Morgan fingerprint density at radius 1 is 1.33 bits per heavy atom. The van der Waals surface area contributed by atoms with Gasteiger partial charge in [-0.15, -0.1) is 11.3 Å². The van der Waals surface area contributed by atoms with Crippen LogP contribution >= 0.6 is 11.3 Å². The van der Waals surface area contributed by atoms with Crippen LogP contribution in [0, 0.1) is 24.0 Å². The molecule has 2 aromatic rings. The van der Waals surface area contributed by atoms with E-state index in [1.54, 1.807) is 13.1 Å². The van der Waals surface area contributed by atoms with Gasteiger partial charge in [-0.2, -0.15) is 5.10 Å². The average molecular weight is 303 g/mol. The van der Waals surface area contributed by atoms with Gasteiger partial charge in [0.2, 0.25) is 0 Å². The van der Waals surface area contributed by atoms with Gasteiger partial charge in [0.1, 0.15) is 0 Å². The molecular weight excluding hydrogens is 290 g/mol. The van der Waals surface area contributed by atoms with Crippen molar-refractivity contribution in [2.75, 3.05) is 0 Å². The third-order valence-electron chi connectivity index (χ3n) is 2.91. The molecule has 0 unspecified atom stereocenters. The number of carbonyl (C=O) groups is 1. The lowest BCUT2D eigenvalue weighted by molar-refractivity contribution is -0.385. The van der Waals surface area contributed by atoms with Crippen molar-refractivity contribution in [3.05, 3.63) is 61.3 Å². The lowest BCUT2D eigenvalue weighted by Gasteiger charge is -2.02. The monoisotopic (exact) mass is 303 g/mol. The fraction of sp³-hybridized carbons (Fsp3) is 0.143. The van der Waals surface area contributed by atoms with Crippen molar-refractivity contribution in [1.82, 2.24) is 5.43 Å². The molecule has 0 saturated carbocycles. The normalized spacial score (nSPS) is 10.8. The zero-order chi connectivity index (χ0) is 15.4. The standard InChI is InChI=1S/C14H13N3O3S/c1-9-5-6-21-13(9)8-15-16-14(18)11-3-4-12(17(19)20)10(2)7-11/h3-8H,1-2H3,(H,16,18)/b15-8+. The first kappa shape index (κ1) is 14.9. The van der Waals surface area contributed by atoms with Crippen LogP contribution in [0.2, 0.25) is 0 Å². The van der Waals surface area contributed by atoms with Crippen molar-refractivity contribution in [3.63, 3.8) is 0 Å². The number of nitro benzene ring substituents is 1. The second-order valence-corrected chi connectivity index (χ2v) is 5.37. The van der Waals surface area contributed by atoms with Crippen LogP contribution in [0.5, 0.6) is 0 Å². The van der Waals surface area contributed by atoms with Crippen LogP contribution in [-0.2, 0) is 0 Å². The van der Waals surface area contributed by atoms with Crippen LogP contribution in [0.25, 0.3) is 0 Å². The first-order chi connectivity index (χ1) is 9.99. The van der Waals surface area contributed by atoms with Gasteiger partial charge >= 0.3 is 0 Å². The summed E-state index contributed by atoms with van der Waals surface area (Å²) in [5.74, 6) is -0.404. The van der Waals surface area contributed by atoms with Gasteiger partial charge in [-0.1, -0.05) is 0 Å². The molecule has 1 heterocycles. The number of nitrogens with zero attached hydrogens (tertiary/aromatic N) is 2. The van der Waals surface area contributed by atoms with E-state index in [0.29, 0.717) is 11.1 Å². The molecule has 1 amide bonds. The zero-order valence-electron chi connectivity index (χ0n) is 11.5. The molecule has 2 rings (SSSR count). The van der Waals surface area contributed by atoms with Crippen molar-refractivity contribution in [3.8, 4) is 0 Å². The smallest absolute Gasteiger partial charge is 0.267 e. The molecule has 21 heavy (non-hydrogen) atoms. The van der Waals surface area contributed by atoms with E-state index in [0.717, 1.165) is 10.4 Å². The van der Waals surface area contributed by atoms with Crippen LogP contribution in [0.4, 0.5) is 5.69 Å². The molecule has 0 fully saturated rings. The van der Waals surface area contributed by atoms with Crippen molar-refractivity contribution < 1.29 is 9.72 Å². The second-order valence-electron chi connectivity index (χ2n) is 4.43. The maximum atomic E-state index is 11.9. The highest BCUT2D eigenvalue weighted by molar-refractivity contribution is 7.11. The lowest BCUT2D eigenvalue weighted by atomic mass is 10.1. The Labute approximate surface area is 125 Å². The summed E-state index contributed by atoms with van der Waals surface area (Å²) >= 11 is 1.53. The van der Waals surface area contributed by atoms with E-state index in [9.17, 15) is 14.9 Å². The van der Waals surface area contributed by atoms with E-state index in [2.05, 4.69) is 10.5 Å². The number of amides is 1. The van der Waals surface area contributed by atoms with E-state index in [1.165, 1.54) is 29.5 Å². The summed E-state index contributed by atoms with van der Waals surface area (Å²) in [5, 5.41) is 16.6. The number of carbonyl (C=O) groups excluding carboxylic acids is 1. The SMILES string of the molecule is Cc1cc(C(=O)N/N=C/c2sccc2C)ccc1[N+](=O)[O-]. The van der Waals surface area contributed by atoms with Gasteiger partial charge in [0.25, 0.3) is 11.6 Å². The van der Waals surface area contributed by atoms with E-state index < -0.39 is 10.8 Å². The summed E-state index contributed by atoms with van der Waals surface area (Å²) in [7, 11) is 0. The van der Waals surface area contributed by atoms with Gasteiger partial charge in [0, 0.05) is 22.1 Å². The highest BCUT2D eigenvalue weighted by Gasteiger charge is 2.13. The number of hydrazone groups is 1. The number of nitro groups is 1. The summed E-state index contributed by atoms with van der Waals surface area (Å²) in [5.41, 5.74) is 4.25. The summed E-state index contributed by atoms with van der Waals surface area (Å²) in [6.45, 7) is 3.55. The van der Waals surface area contributed by atoms with Gasteiger partial charge < -0.3 is 0 Å². The summed E-state index contributed by atoms with van der Waals surface area (Å²) < 4.78 is 0.